The van der Waals surface area contributed by atoms with Gasteiger partial charge in [-0.2, -0.15) is 13.8 Å². The van der Waals surface area contributed by atoms with Crippen LogP contribution in [0.5, 0.6) is 0 Å². The molecule has 5 heteroatoms. The molecule has 0 aliphatic rings. The van der Waals surface area contributed by atoms with Gasteiger partial charge in [0.2, 0.25) is 17.8 Å². The van der Waals surface area contributed by atoms with E-state index in [0.29, 0.717) is 0 Å². The summed E-state index contributed by atoms with van der Waals surface area (Å²) in [6.07, 6.45) is 2.21. The van der Waals surface area contributed by atoms with Crippen LogP contribution in [0.2, 0.25) is 0 Å². The zero-order valence-corrected chi connectivity index (χ0v) is 6.50. The highest BCUT2D eigenvalue weighted by molar-refractivity contribution is 5.90. The summed E-state index contributed by atoms with van der Waals surface area (Å²) in [6.45, 7) is 0. The summed E-state index contributed by atoms with van der Waals surface area (Å²) in [4.78, 5) is 13.2. The minimum absolute atomic E-state index is 0.198. The molecule has 1 rings (SSSR count). The molecule has 0 unspecified atom stereocenters. The number of amides is 1. The van der Waals surface area contributed by atoms with E-state index in [2.05, 4.69) is 4.98 Å². The monoisotopic (exact) mass is 184 g/mol. The Bertz CT molecular complexity index is 343. The molecule has 0 aliphatic carbocycles. The molecule has 1 amide bonds. The first-order chi connectivity index (χ1) is 6.08. The van der Waals surface area contributed by atoms with Gasteiger partial charge in [-0.1, -0.05) is 0 Å². The number of primary amides is 1. The van der Waals surface area contributed by atoms with Crippen LogP contribution in [0, 0.1) is 11.9 Å². The van der Waals surface area contributed by atoms with Crippen molar-refractivity contribution in [3.63, 3.8) is 0 Å². The van der Waals surface area contributed by atoms with E-state index in [-0.39, 0.29) is 5.56 Å². The summed E-state index contributed by atoms with van der Waals surface area (Å²) >= 11 is 0. The molecule has 0 saturated carbocycles. The molecule has 0 radical (unpaired) electrons. The normalized spacial score (nSPS) is 10.6. The van der Waals surface area contributed by atoms with Gasteiger partial charge < -0.3 is 5.73 Å². The molecule has 0 saturated heterocycles. The summed E-state index contributed by atoms with van der Waals surface area (Å²) in [5, 5.41) is 0. The van der Waals surface area contributed by atoms with Crippen LogP contribution < -0.4 is 5.73 Å². The average molecular weight is 184 g/mol. The van der Waals surface area contributed by atoms with Crippen molar-refractivity contribution in [2.24, 2.45) is 5.73 Å². The molecule has 0 bridgehead atoms. The Balaban J connectivity index is 2.95. The first-order valence-corrected chi connectivity index (χ1v) is 3.38. The number of aromatic nitrogens is 1. The van der Waals surface area contributed by atoms with Gasteiger partial charge >= 0.3 is 0 Å². The Morgan fingerprint density at radius 3 is 2.38 bits per heavy atom. The lowest BCUT2D eigenvalue weighted by Crippen LogP contribution is -2.05. The third-order valence-corrected chi connectivity index (χ3v) is 1.23. The van der Waals surface area contributed by atoms with Crippen LogP contribution in [-0.2, 0) is 4.79 Å². The number of carbonyl (C=O) groups is 1. The second-order valence-electron chi connectivity index (χ2n) is 2.28. The van der Waals surface area contributed by atoms with Crippen LogP contribution in [0.1, 0.15) is 5.56 Å². The van der Waals surface area contributed by atoms with Crippen LogP contribution in [0.4, 0.5) is 8.78 Å². The van der Waals surface area contributed by atoms with E-state index in [1.54, 1.807) is 0 Å². The average Bonchev–Trinajstić information content (AvgIpc) is 1.99. The van der Waals surface area contributed by atoms with Gasteiger partial charge in [0.15, 0.2) is 0 Å². The van der Waals surface area contributed by atoms with E-state index >= 15 is 0 Å². The quantitative estimate of drug-likeness (QED) is 0.547. The van der Waals surface area contributed by atoms with Crippen molar-refractivity contribution in [3.05, 3.63) is 35.7 Å². The number of nitrogens with two attached hydrogens (primary N) is 1. The van der Waals surface area contributed by atoms with Gasteiger partial charge in [-0.05, 0) is 11.6 Å². The zero-order chi connectivity index (χ0) is 9.84. The summed E-state index contributed by atoms with van der Waals surface area (Å²) < 4.78 is 24.9. The van der Waals surface area contributed by atoms with Crippen molar-refractivity contribution in [3.8, 4) is 0 Å². The number of hydrogen-bond donors (Lipinski definition) is 1. The zero-order valence-electron chi connectivity index (χ0n) is 6.50. The van der Waals surface area contributed by atoms with Crippen molar-refractivity contribution >= 4 is 12.0 Å². The van der Waals surface area contributed by atoms with E-state index in [9.17, 15) is 13.6 Å². The van der Waals surface area contributed by atoms with Gasteiger partial charge in [0.1, 0.15) is 0 Å². The number of nitrogens with zero attached hydrogens (tertiary/aromatic N) is 1. The van der Waals surface area contributed by atoms with Gasteiger partial charge in [-0.15, -0.1) is 0 Å². The molecule has 13 heavy (non-hydrogen) atoms. The largest absolute Gasteiger partial charge is 0.366 e. The molecule has 1 aromatic rings. The lowest BCUT2D eigenvalue weighted by molar-refractivity contribution is -0.113. The second kappa shape index (κ2) is 3.75. The van der Waals surface area contributed by atoms with Gasteiger partial charge in [0, 0.05) is 18.2 Å². The fraction of sp³-hybridized carbons (Fsp3) is 0. The lowest BCUT2D eigenvalue weighted by Gasteiger charge is -1.93. The molecule has 0 aliphatic heterocycles. The Labute approximate surface area is 72.9 Å². The lowest BCUT2D eigenvalue weighted by atomic mass is 10.2. The molecule has 3 nitrogen and oxygen atoms in total. The van der Waals surface area contributed by atoms with Crippen LogP contribution in [-0.4, -0.2) is 10.9 Å². The van der Waals surface area contributed by atoms with Crippen LogP contribution in [0.25, 0.3) is 6.08 Å². The molecule has 68 valence electrons. The standard InChI is InChI=1S/C8H6F2N2O/c9-6-3-5(1-2-8(11)13)4-7(10)12-6/h1-4H,(H2,11,13). The van der Waals surface area contributed by atoms with Crippen molar-refractivity contribution < 1.29 is 13.6 Å². The van der Waals surface area contributed by atoms with Crippen molar-refractivity contribution in [2.45, 2.75) is 0 Å². The van der Waals surface area contributed by atoms with Gasteiger partial charge in [-0.25, -0.2) is 0 Å². The molecule has 0 atom stereocenters. The summed E-state index contributed by atoms with van der Waals surface area (Å²) in [6, 6.07) is 1.98. The third-order valence-electron chi connectivity index (χ3n) is 1.23. The molecular formula is C8H6F2N2O. The highest BCUT2D eigenvalue weighted by Gasteiger charge is 1.98. The van der Waals surface area contributed by atoms with Crippen molar-refractivity contribution in [2.75, 3.05) is 0 Å². The molecule has 1 aromatic heterocycles. The molecule has 0 fully saturated rings. The van der Waals surface area contributed by atoms with Crippen molar-refractivity contribution in [1.82, 2.24) is 4.98 Å². The fourth-order valence-electron chi connectivity index (χ4n) is 0.758. The van der Waals surface area contributed by atoms with E-state index in [1.165, 1.54) is 6.08 Å². The topological polar surface area (TPSA) is 56.0 Å². The van der Waals surface area contributed by atoms with Gasteiger partial charge in [0.25, 0.3) is 0 Å². The van der Waals surface area contributed by atoms with E-state index in [0.717, 1.165) is 18.2 Å². The second-order valence-corrected chi connectivity index (χ2v) is 2.28. The Hall–Kier alpha value is -1.78. The van der Waals surface area contributed by atoms with E-state index in [1.807, 2.05) is 0 Å². The molecule has 1 heterocycles. The highest BCUT2D eigenvalue weighted by atomic mass is 19.1. The number of carbonyl (C=O) groups excluding carboxylic acids is 1. The Morgan fingerprint density at radius 1 is 1.38 bits per heavy atom. The van der Waals surface area contributed by atoms with E-state index in [4.69, 9.17) is 5.73 Å². The first-order valence-electron chi connectivity index (χ1n) is 3.38. The summed E-state index contributed by atoms with van der Waals surface area (Å²) in [7, 11) is 0. The number of halogens is 2. The Kier molecular flexibility index (Phi) is 2.69. The summed E-state index contributed by atoms with van der Waals surface area (Å²) in [5.74, 6) is -2.56. The highest BCUT2D eigenvalue weighted by Crippen LogP contribution is 2.05. The molecule has 0 spiro atoms. The van der Waals surface area contributed by atoms with Crippen molar-refractivity contribution in [1.29, 1.82) is 0 Å². The summed E-state index contributed by atoms with van der Waals surface area (Å²) in [5.41, 5.74) is 4.99. The Morgan fingerprint density at radius 2 is 1.92 bits per heavy atom. The SMILES string of the molecule is NC(=O)C=Cc1cc(F)nc(F)c1. The number of hydrogen-bond acceptors (Lipinski definition) is 2. The fourth-order valence-corrected chi connectivity index (χ4v) is 0.758. The molecular weight excluding hydrogens is 178 g/mol. The minimum Gasteiger partial charge on any atom is -0.366 e. The maximum absolute atomic E-state index is 12.5. The predicted octanol–water partition coefficient (Wildman–Crippen LogP) is 0.858. The maximum Gasteiger partial charge on any atom is 0.241 e. The first kappa shape index (κ1) is 9.31. The maximum atomic E-state index is 12.5. The van der Waals surface area contributed by atoms with Crippen LogP contribution in [0.3, 0.4) is 0 Å². The molecule has 0 aromatic carbocycles. The number of rotatable bonds is 2. The third kappa shape index (κ3) is 2.98. The van der Waals surface area contributed by atoms with Gasteiger partial charge in [0.05, 0.1) is 0 Å². The van der Waals surface area contributed by atoms with E-state index < -0.39 is 17.8 Å². The minimum atomic E-state index is -0.941. The smallest absolute Gasteiger partial charge is 0.241 e. The van der Waals surface area contributed by atoms with Gasteiger partial charge in [-0.3, -0.25) is 4.79 Å². The number of pyridine rings is 1. The predicted molar refractivity (Wildman–Crippen MR) is 42.4 cm³/mol. The van der Waals surface area contributed by atoms with Crippen LogP contribution >= 0.6 is 0 Å². The molecule has 2 N–H and O–H groups in total. The van der Waals surface area contributed by atoms with Crippen LogP contribution in [0.15, 0.2) is 18.2 Å².